The first kappa shape index (κ1) is 13.7. The van der Waals surface area contributed by atoms with Crippen molar-refractivity contribution in [3.05, 3.63) is 47.4 Å². The van der Waals surface area contributed by atoms with E-state index in [0.29, 0.717) is 12.5 Å². The van der Waals surface area contributed by atoms with Gasteiger partial charge in [0, 0.05) is 17.7 Å². The van der Waals surface area contributed by atoms with Crippen molar-refractivity contribution in [1.82, 2.24) is 9.97 Å². The number of nitrogens with zero attached hydrogens (tertiary/aromatic N) is 2. The third-order valence-corrected chi connectivity index (χ3v) is 3.15. The van der Waals surface area contributed by atoms with Crippen LogP contribution >= 0.6 is 0 Å². The third-order valence-electron chi connectivity index (χ3n) is 3.15. The lowest BCUT2D eigenvalue weighted by atomic mass is 10.1. The second kappa shape index (κ2) is 5.93. The predicted octanol–water partition coefficient (Wildman–Crippen LogP) is 2.90. The normalized spacial score (nSPS) is 12.4. The van der Waals surface area contributed by atoms with Gasteiger partial charge in [0.05, 0.1) is 5.69 Å². The first-order chi connectivity index (χ1) is 9.08. The van der Waals surface area contributed by atoms with Crippen LogP contribution in [0.1, 0.15) is 24.0 Å². The van der Waals surface area contributed by atoms with E-state index in [1.807, 2.05) is 13.0 Å². The van der Waals surface area contributed by atoms with Gasteiger partial charge in [0.25, 0.3) is 0 Å². The SMILES string of the molecule is Cc1cccc(-c2cc(C)nc(CC(C)CN)n2)c1. The zero-order valence-corrected chi connectivity index (χ0v) is 11.9. The summed E-state index contributed by atoms with van der Waals surface area (Å²) in [6.45, 7) is 6.89. The standard InChI is InChI=1S/C16H21N3/c1-11-5-4-6-14(7-11)15-9-13(3)18-16(19-15)8-12(2)10-17/h4-7,9,12H,8,10,17H2,1-3H3. The third kappa shape index (κ3) is 3.61. The lowest BCUT2D eigenvalue weighted by Gasteiger charge is -2.10. The van der Waals surface area contributed by atoms with Crippen LogP contribution < -0.4 is 5.73 Å². The minimum atomic E-state index is 0.409. The molecule has 1 atom stereocenters. The van der Waals surface area contributed by atoms with Crippen molar-refractivity contribution in [2.75, 3.05) is 6.54 Å². The van der Waals surface area contributed by atoms with E-state index in [0.717, 1.165) is 29.2 Å². The molecular weight excluding hydrogens is 234 g/mol. The van der Waals surface area contributed by atoms with Gasteiger partial charge >= 0.3 is 0 Å². The fourth-order valence-corrected chi connectivity index (χ4v) is 2.07. The zero-order valence-electron chi connectivity index (χ0n) is 11.9. The number of aromatic nitrogens is 2. The molecule has 19 heavy (non-hydrogen) atoms. The summed E-state index contributed by atoms with van der Waals surface area (Å²) in [6.07, 6.45) is 0.830. The summed E-state index contributed by atoms with van der Waals surface area (Å²) in [6, 6.07) is 10.4. The number of benzene rings is 1. The van der Waals surface area contributed by atoms with Gasteiger partial charge in [-0.1, -0.05) is 30.7 Å². The smallest absolute Gasteiger partial charge is 0.129 e. The van der Waals surface area contributed by atoms with Gasteiger partial charge in [0.2, 0.25) is 0 Å². The van der Waals surface area contributed by atoms with Crippen molar-refractivity contribution in [2.45, 2.75) is 27.2 Å². The van der Waals surface area contributed by atoms with Gasteiger partial charge in [-0.05, 0) is 38.4 Å². The molecule has 0 aliphatic rings. The molecule has 0 saturated carbocycles. The predicted molar refractivity (Wildman–Crippen MR) is 78.9 cm³/mol. The molecule has 0 spiro atoms. The Hall–Kier alpha value is -1.74. The maximum absolute atomic E-state index is 5.67. The van der Waals surface area contributed by atoms with E-state index < -0.39 is 0 Å². The summed E-state index contributed by atoms with van der Waals surface area (Å²) in [5.41, 5.74) is 10.1. The Morgan fingerprint density at radius 3 is 2.63 bits per heavy atom. The highest BCUT2D eigenvalue weighted by Crippen LogP contribution is 2.19. The van der Waals surface area contributed by atoms with Gasteiger partial charge in [-0.3, -0.25) is 0 Å². The molecule has 3 heteroatoms. The molecule has 2 aromatic rings. The Balaban J connectivity index is 2.36. The molecule has 0 radical (unpaired) electrons. The molecule has 0 bridgehead atoms. The van der Waals surface area contributed by atoms with Crippen LogP contribution in [0.4, 0.5) is 0 Å². The average molecular weight is 255 g/mol. The molecule has 0 aliphatic heterocycles. The number of rotatable bonds is 4. The number of aryl methyl sites for hydroxylation is 2. The van der Waals surface area contributed by atoms with Gasteiger partial charge in [0.1, 0.15) is 5.82 Å². The van der Waals surface area contributed by atoms with E-state index in [2.05, 4.69) is 48.1 Å². The zero-order chi connectivity index (χ0) is 13.8. The second-order valence-electron chi connectivity index (χ2n) is 5.23. The lowest BCUT2D eigenvalue weighted by Crippen LogP contribution is -2.15. The molecular formula is C16H21N3. The topological polar surface area (TPSA) is 51.8 Å². The van der Waals surface area contributed by atoms with E-state index >= 15 is 0 Å². The highest BCUT2D eigenvalue weighted by Gasteiger charge is 2.08. The van der Waals surface area contributed by atoms with Crippen molar-refractivity contribution < 1.29 is 0 Å². The van der Waals surface area contributed by atoms with E-state index in [1.165, 1.54) is 5.56 Å². The van der Waals surface area contributed by atoms with Crippen LogP contribution in [-0.4, -0.2) is 16.5 Å². The summed E-state index contributed by atoms with van der Waals surface area (Å²) >= 11 is 0. The highest BCUT2D eigenvalue weighted by atomic mass is 14.9. The minimum Gasteiger partial charge on any atom is -0.330 e. The quantitative estimate of drug-likeness (QED) is 0.914. The van der Waals surface area contributed by atoms with Gasteiger partial charge in [-0.2, -0.15) is 0 Å². The summed E-state index contributed by atoms with van der Waals surface area (Å²) in [4.78, 5) is 9.17. The lowest BCUT2D eigenvalue weighted by molar-refractivity contribution is 0.573. The van der Waals surface area contributed by atoms with E-state index in [-0.39, 0.29) is 0 Å². The van der Waals surface area contributed by atoms with Crippen LogP contribution in [0, 0.1) is 19.8 Å². The molecule has 1 aromatic carbocycles. The van der Waals surface area contributed by atoms with Crippen LogP contribution in [0.5, 0.6) is 0 Å². The fraction of sp³-hybridized carbons (Fsp3) is 0.375. The van der Waals surface area contributed by atoms with Gasteiger partial charge in [-0.15, -0.1) is 0 Å². The first-order valence-electron chi connectivity index (χ1n) is 6.70. The van der Waals surface area contributed by atoms with Crippen LogP contribution in [-0.2, 0) is 6.42 Å². The Kier molecular flexibility index (Phi) is 4.27. The average Bonchev–Trinajstić information content (AvgIpc) is 2.38. The maximum Gasteiger partial charge on any atom is 0.129 e. The minimum absolute atomic E-state index is 0.409. The summed E-state index contributed by atoms with van der Waals surface area (Å²) < 4.78 is 0. The summed E-state index contributed by atoms with van der Waals surface area (Å²) in [5.74, 6) is 1.29. The van der Waals surface area contributed by atoms with Crippen molar-refractivity contribution in [3.8, 4) is 11.3 Å². The van der Waals surface area contributed by atoms with Crippen LogP contribution in [0.3, 0.4) is 0 Å². The maximum atomic E-state index is 5.67. The molecule has 1 heterocycles. The van der Waals surface area contributed by atoms with Gasteiger partial charge in [-0.25, -0.2) is 9.97 Å². The summed E-state index contributed by atoms with van der Waals surface area (Å²) in [5, 5.41) is 0. The Bertz CT molecular complexity index is 564. The Morgan fingerprint density at radius 1 is 1.16 bits per heavy atom. The molecule has 3 nitrogen and oxygen atoms in total. The van der Waals surface area contributed by atoms with Crippen LogP contribution in [0.25, 0.3) is 11.3 Å². The number of nitrogens with two attached hydrogens (primary N) is 1. The van der Waals surface area contributed by atoms with Crippen molar-refractivity contribution >= 4 is 0 Å². The Labute approximate surface area is 114 Å². The van der Waals surface area contributed by atoms with E-state index in [1.54, 1.807) is 0 Å². The van der Waals surface area contributed by atoms with Crippen molar-refractivity contribution in [3.63, 3.8) is 0 Å². The van der Waals surface area contributed by atoms with Gasteiger partial charge in [0.15, 0.2) is 0 Å². The number of hydrogen-bond donors (Lipinski definition) is 1. The molecule has 100 valence electrons. The molecule has 1 unspecified atom stereocenters. The molecule has 1 aromatic heterocycles. The summed E-state index contributed by atoms with van der Waals surface area (Å²) in [7, 11) is 0. The van der Waals surface area contributed by atoms with E-state index in [4.69, 9.17) is 5.73 Å². The largest absolute Gasteiger partial charge is 0.330 e. The van der Waals surface area contributed by atoms with Gasteiger partial charge < -0.3 is 5.73 Å². The Morgan fingerprint density at radius 2 is 1.95 bits per heavy atom. The number of hydrogen-bond acceptors (Lipinski definition) is 3. The highest BCUT2D eigenvalue weighted by molar-refractivity contribution is 5.60. The molecule has 0 saturated heterocycles. The molecule has 2 N–H and O–H groups in total. The second-order valence-corrected chi connectivity index (χ2v) is 5.23. The monoisotopic (exact) mass is 255 g/mol. The molecule has 0 amide bonds. The fourth-order valence-electron chi connectivity index (χ4n) is 2.07. The molecule has 0 aliphatic carbocycles. The van der Waals surface area contributed by atoms with Crippen molar-refractivity contribution in [1.29, 1.82) is 0 Å². The van der Waals surface area contributed by atoms with Crippen LogP contribution in [0.15, 0.2) is 30.3 Å². The molecule has 0 fully saturated rings. The first-order valence-corrected chi connectivity index (χ1v) is 6.70. The van der Waals surface area contributed by atoms with Crippen LogP contribution in [0.2, 0.25) is 0 Å². The molecule has 2 rings (SSSR count). The van der Waals surface area contributed by atoms with E-state index in [9.17, 15) is 0 Å². The van der Waals surface area contributed by atoms with Crippen molar-refractivity contribution in [2.24, 2.45) is 11.7 Å².